The van der Waals surface area contributed by atoms with E-state index in [2.05, 4.69) is 11.1 Å². The molecule has 0 bridgehead atoms. The molecule has 1 amide bonds. The Morgan fingerprint density at radius 3 is 2.85 bits per heavy atom. The molecule has 0 N–H and O–H groups in total. The van der Waals surface area contributed by atoms with E-state index in [0.29, 0.717) is 30.3 Å². The fourth-order valence-corrected chi connectivity index (χ4v) is 3.57. The number of furan rings is 1. The topological polar surface area (TPSA) is 80.0 Å². The molecule has 3 aromatic heterocycles. The number of hydrogen-bond donors (Lipinski definition) is 0. The first-order chi connectivity index (χ1) is 12.7. The summed E-state index contributed by atoms with van der Waals surface area (Å²) in [5, 5.41) is 9.65. The summed E-state index contributed by atoms with van der Waals surface area (Å²) < 4.78 is 9.52. The molecule has 4 rings (SSSR count). The number of piperidine rings is 1. The minimum Gasteiger partial charge on any atom is -0.443 e. The van der Waals surface area contributed by atoms with Gasteiger partial charge >= 0.3 is 0 Å². The Hall–Kier alpha value is -3.27. The highest BCUT2D eigenvalue weighted by Crippen LogP contribution is 2.29. The molecule has 3 aromatic rings. The number of carbonyl (C=O) groups excluding carboxylic acids is 1. The highest BCUT2D eigenvalue weighted by molar-refractivity contribution is 5.98. The minimum absolute atomic E-state index is 0.147. The van der Waals surface area contributed by atoms with Crippen LogP contribution >= 0.6 is 0 Å². The standard InChI is InChI=1S/C19H19N5O2/c1-14-17(16(11-20)19(26-14)22-7-2-3-8-22)18(25)23-9-4-5-15(12-23)24-10-6-21-13-24/h2-3,6-8,10,13,15H,4-5,9,12H2,1H3/t15-/m0/s1. The van der Waals surface area contributed by atoms with Gasteiger partial charge in [0.05, 0.1) is 12.4 Å². The van der Waals surface area contributed by atoms with Crippen LogP contribution in [0.4, 0.5) is 0 Å². The molecule has 1 fully saturated rings. The first-order valence-electron chi connectivity index (χ1n) is 8.62. The largest absolute Gasteiger partial charge is 0.443 e. The number of aryl methyl sites for hydroxylation is 1. The van der Waals surface area contributed by atoms with Gasteiger partial charge < -0.3 is 13.9 Å². The van der Waals surface area contributed by atoms with Crippen molar-refractivity contribution in [1.29, 1.82) is 5.26 Å². The van der Waals surface area contributed by atoms with Crippen LogP contribution < -0.4 is 0 Å². The quantitative estimate of drug-likeness (QED) is 0.728. The Bertz CT molecular complexity index is 947. The van der Waals surface area contributed by atoms with Crippen LogP contribution in [-0.2, 0) is 0 Å². The summed E-state index contributed by atoms with van der Waals surface area (Å²) in [5.74, 6) is 0.715. The zero-order valence-electron chi connectivity index (χ0n) is 14.5. The van der Waals surface area contributed by atoms with Gasteiger partial charge in [-0.25, -0.2) is 4.98 Å². The molecule has 1 aliphatic rings. The van der Waals surface area contributed by atoms with Crippen LogP contribution in [0.1, 0.15) is 40.6 Å². The van der Waals surface area contributed by atoms with Crippen LogP contribution in [0, 0.1) is 18.3 Å². The predicted molar refractivity (Wildman–Crippen MR) is 93.9 cm³/mol. The highest BCUT2D eigenvalue weighted by atomic mass is 16.4. The third kappa shape index (κ3) is 2.69. The number of imidazole rings is 1. The molecular weight excluding hydrogens is 330 g/mol. The van der Waals surface area contributed by atoms with Crippen molar-refractivity contribution in [2.45, 2.75) is 25.8 Å². The summed E-state index contributed by atoms with van der Waals surface area (Å²) in [5.41, 5.74) is 0.649. The highest BCUT2D eigenvalue weighted by Gasteiger charge is 2.31. The number of nitrogens with zero attached hydrogens (tertiary/aromatic N) is 5. The van der Waals surface area contributed by atoms with Gasteiger partial charge in [0.25, 0.3) is 5.91 Å². The van der Waals surface area contributed by atoms with E-state index in [1.165, 1.54) is 0 Å². The van der Waals surface area contributed by atoms with Crippen molar-refractivity contribution in [3.63, 3.8) is 0 Å². The van der Waals surface area contributed by atoms with Crippen molar-refractivity contribution in [3.8, 4) is 12.0 Å². The first kappa shape index (κ1) is 16.2. The van der Waals surface area contributed by atoms with Gasteiger partial charge in [-0.2, -0.15) is 5.26 Å². The van der Waals surface area contributed by atoms with Crippen LogP contribution in [0.25, 0.3) is 5.88 Å². The molecular formula is C19H19N5O2. The third-order valence-corrected chi connectivity index (χ3v) is 4.86. The van der Waals surface area contributed by atoms with Crippen molar-refractivity contribution in [2.24, 2.45) is 0 Å². The second-order valence-corrected chi connectivity index (χ2v) is 6.47. The Balaban J connectivity index is 1.65. The summed E-state index contributed by atoms with van der Waals surface area (Å²) in [6.45, 7) is 3.01. The maximum absolute atomic E-state index is 13.2. The van der Waals surface area contributed by atoms with Gasteiger partial charge in [0.2, 0.25) is 5.88 Å². The second kappa shape index (κ2) is 6.56. The second-order valence-electron chi connectivity index (χ2n) is 6.47. The number of carbonyl (C=O) groups is 1. The van der Waals surface area contributed by atoms with Crippen molar-refractivity contribution in [1.82, 2.24) is 19.0 Å². The molecule has 0 saturated carbocycles. The van der Waals surface area contributed by atoms with Crippen molar-refractivity contribution >= 4 is 5.91 Å². The van der Waals surface area contributed by atoms with Crippen molar-refractivity contribution < 1.29 is 9.21 Å². The molecule has 7 nitrogen and oxygen atoms in total. The summed E-state index contributed by atoms with van der Waals surface area (Å²) in [6, 6.07) is 6.06. The smallest absolute Gasteiger partial charge is 0.258 e. The lowest BCUT2D eigenvalue weighted by Gasteiger charge is -2.33. The monoisotopic (exact) mass is 349 g/mol. The zero-order chi connectivity index (χ0) is 18.1. The zero-order valence-corrected chi connectivity index (χ0v) is 14.5. The molecule has 0 unspecified atom stereocenters. The third-order valence-electron chi connectivity index (χ3n) is 4.86. The molecule has 0 radical (unpaired) electrons. The van der Waals surface area contributed by atoms with E-state index in [9.17, 15) is 10.1 Å². The maximum Gasteiger partial charge on any atom is 0.258 e. The van der Waals surface area contributed by atoms with Crippen LogP contribution in [-0.4, -0.2) is 38.0 Å². The fourth-order valence-electron chi connectivity index (χ4n) is 3.57. The Labute approximate surface area is 151 Å². The molecule has 1 aliphatic heterocycles. The van der Waals surface area contributed by atoms with Gasteiger partial charge in [-0.3, -0.25) is 9.36 Å². The van der Waals surface area contributed by atoms with E-state index in [1.807, 2.05) is 27.8 Å². The molecule has 26 heavy (non-hydrogen) atoms. The number of hydrogen-bond acceptors (Lipinski definition) is 4. The Morgan fingerprint density at radius 2 is 2.15 bits per heavy atom. The van der Waals surface area contributed by atoms with Gasteiger partial charge in [0.1, 0.15) is 23.0 Å². The molecule has 0 aliphatic carbocycles. The summed E-state index contributed by atoms with van der Waals surface area (Å²) in [7, 11) is 0. The van der Waals surface area contributed by atoms with Crippen LogP contribution in [0.2, 0.25) is 0 Å². The average Bonchev–Trinajstić information content (AvgIpc) is 3.41. The Kier molecular flexibility index (Phi) is 4.09. The van der Waals surface area contributed by atoms with Crippen LogP contribution in [0.3, 0.4) is 0 Å². The number of amides is 1. The van der Waals surface area contributed by atoms with E-state index < -0.39 is 0 Å². The lowest BCUT2D eigenvalue weighted by molar-refractivity contribution is 0.0677. The predicted octanol–water partition coefficient (Wildman–Crippen LogP) is 2.92. The lowest BCUT2D eigenvalue weighted by atomic mass is 10.0. The molecule has 0 aromatic carbocycles. The van der Waals surface area contributed by atoms with E-state index in [-0.39, 0.29) is 17.5 Å². The van der Waals surface area contributed by atoms with Gasteiger partial charge in [0, 0.05) is 37.9 Å². The summed E-state index contributed by atoms with van der Waals surface area (Å²) in [4.78, 5) is 19.1. The first-order valence-corrected chi connectivity index (χ1v) is 8.62. The summed E-state index contributed by atoms with van der Waals surface area (Å²) in [6.07, 6.45) is 11.0. The van der Waals surface area contributed by atoms with Crippen LogP contribution in [0.15, 0.2) is 47.7 Å². The fraction of sp³-hybridized carbons (Fsp3) is 0.316. The molecule has 1 saturated heterocycles. The number of likely N-dealkylation sites (tertiary alicyclic amines) is 1. The van der Waals surface area contributed by atoms with Crippen molar-refractivity contribution in [3.05, 3.63) is 60.1 Å². The SMILES string of the molecule is Cc1oc(-n2cccc2)c(C#N)c1C(=O)N1CCC[C@H](n2ccnc2)C1. The van der Waals surface area contributed by atoms with Gasteiger partial charge in [0.15, 0.2) is 0 Å². The average molecular weight is 349 g/mol. The van der Waals surface area contributed by atoms with Gasteiger partial charge in [-0.15, -0.1) is 0 Å². The molecule has 4 heterocycles. The molecule has 0 spiro atoms. The van der Waals surface area contributed by atoms with E-state index in [4.69, 9.17) is 4.42 Å². The van der Waals surface area contributed by atoms with Gasteiger partial charge in [-0.05, 0) is 31.9 Å². The molecule has 132 valence electrons. The Morgan fingerprint density at radius 1 is 1.35 bits per heavy atom. The van der Waals surface area contributed by atoms with Gasteiger partial charge in [-0.1, -0.05) is 0 Å². The van der Waals surface area contributed by atoms with Crippen molar-refractivity contribution in [2.75, 3.05) is 13.1 Å². The maximum atomic E-state index is 13.2. The van der Waals surface area contributed by atoms with E-state index in [1.54, 1.807) is 36.4 Å². The number of rotatable bonds is 3. The normalized spacial score (nSPS) is 17.2. The molecule has 7 heteroatoms. The minimum atomic E-state index is -0.147. The van der Waals surface area contributed by atoms with Crippen LogP contribution in [0.5, 0.6) is 0 Å². The summed E-state index contributed by atoms with van der Waals surface area (Å²) >= 11 is 0. The lowest BCUT2D eigenvalue weighted by Crippen LogP contribution is -2.40. The molecule has 1 atom stereocenters. The van der Waals surface area contributed by atoms with E-state index in [0.717, 1.165) is 12.8 Å². The van der Waals surface area contributed by atoms with E-state index >= 15 is 0 Å². The number of aromatic nitrogens is 3. The number of nitriles is 1.